The molecule has 0 aliphatic carbocycles. The van der Waals surface area contributed by atoms with Gasteiger partial charge in [-0.1, -0.05) is 0 Å². The highest BCUT2D eigenvalue weighted by Gasteiger charge is 2.17. The zero-order chi connectivity index (χ0) is 19.0. The Hall–Kier alpha value is -3.99. The van der Waals surface area contributed by atoms with Gasteiger partial charge in [0.25, 0.3) is 5.91 Å². The summed E-state index contributed by atoms with van der Waals surface area (Å²) < 4.78 is 5.31. The van der Waals surface area contributed by atoms with Gasteiger partial charge in [0.05, 0.1) is 17.3 Å². The van der Waals surface area contributed by atoms with Crippen LogP contribution in [-0.2, 0) is 0 Å². The first kappa shape index (κ1) is 16.5. The number of hydrogen-bond acceptors (Lipinski definition) is 6. The number of fused-ring (bicyclic) bond motifs is 1. The number of amides is 1. The van der Waals surface area contributed by atoms with E-state index in [0.29, 0.717) is 28.4 Å². The zero-order valence-corrected chi connectivity index (χ0v) is 14.6. The van der Waals surface area contributed by atoms with Crippen LogP contribution in [0.3, 0.4) is 0 Å². The van der Waals surface area contributed by atoms with Gasteiger partial charge < -0.3 is 9.73 Å². The number of aromatic amines is 1. The lowest BCUT2D eigenvalue weighted by molar-refractivity contribution is 0.102. The number of nitrogens with one attached hydrogen (secondary N) is 2. The van der Waals surface area contributed by atoms with E-state index in [-0.39, 0.29) is 11.6 Å². The minimum atomic E-state index is -0.347. The van der Waals surface area contributed by atoms with Crippen molar-refractivity contribution in [3.63, 3.8) is 0 Å². The monoisotopic (exact) mass is 358 g/mol. The molecule has 0 radical (unpaired) electrons. The molecule has 132 valence electrons. The van der Waals surface area contributed by atoms with Crippen LogP contribution >= 0.6 is 0 Å². The molecule has 3 heterocycles. The predicted molar refractivity (Wildman–Crippen MR) is 98.0 cm³/mol. The highest BCUT2D eigenvalue weighted by molar-refractivity contribution is 6.05. The summed E-state index contributed by atoms with van der Waals surface area (Å²) in [4.78, 5) is 20.9. The summed E-state index contributed by atoms with van der Waals surface area (Å²) in [6, 6.07) is 7.44. The van der Waals surface area contributed by atoms with Crippen molar-refractivity contribution in [2.24, 2.45) is 0 Å². The van der Waals surface area contributed by atoms with Crippen LogP contribution < -0.4 is 5.32 Å². The number of carbonyl (C=O) groups excluding carboxylic acids is 1. The third-order valence-corrected chi connectivity index (χ3v) is 4.44. The molecule has 4 aromatic rings. The van der Waals surface area contributed by atoms with Crippen LogP contribution in [0.4, 0.5) is 5.69 Å². The molecule has 1 amide bonds. The fraction of sp³-hybridized carbons (Fsp3) is 0.105. The first-order chi connectivity index (χ1) is 13.1. The van der Waals surface area contributed by atoms with Crippen LogP contribution in [0.5, 0.6) is 0 Å². The SMILES string of the molecule is Cc1c(C#N)cnc(C(=O)Nc2ccc3[nH]nc(-c4ncco4)c3c2)c1C. The van der Waals surface area contributed by atoms with E-state index in [2.05, 4.69) is 31.6 Å². The van der Waals surface area contributed by atoms with Gasteiger partial charge in [-0.2, -0.15) is 10.4 Å². The lowest BCUT2D eigenvalue weighted by atomic mass is 10.0. The number of anilines is 1. The Morgan fingerprint density at radius 3 is 2.85 bits per heavy atom. The summed E-state index contributed by atoms with van der Waals surface area (Å²) in [7, 11) is 0. The molecule has 0 aliphatic rings. The van der Waals surface area contributed by atoms with Gasteiger partial charge in [-0.05, 0) is 43.2 Å². The smallest absolute Gasteiger partial charge is 0.274 e. The molecule has 0 aliphatic heterocycles. The average molecular weight is 358 g/mol. The van der Waals surface area contributed by atoms with Crippen molar-refractivity contribution in [1.29, 1.82) is 5.26 Å². The molecule has 1 aromatic carbocycles. The molecule has 0 spiro atoms. The normalized spacial score (nSPS) is 10.7. The van der Waals surface area contributed by atoms with Crippen LogP contribution in [-0.4, -0.2) is 26.1 Å². The fourth-order valence-electron chi connectivity index (χ4n) is 2.83. The average Bonchev–Trinajstić information content (AvgIpc) is 3.32. The number of hydrogen-bond donors (Lipinski definition) is 2. The molecule has 0 unspecified atom stereocenters. The maximum absolute atomic E-state index is 12.7. The number of oxazole rings is 1. The number of carbonyl (C=O) groups is 1. The molecule has 0 atom stereocenters. The molecule has 8 heteroatoms. The molecule has 27 heavy (non-hydrogen) atoms. The molecule has 3 aromatic heterocycles. The predicted octanol–water partition coefficient (Wildman–Crippen LogP) is 3.35. The summed E-state index contributed by atoms with van der Waals surface area (Å²) in [6.07, 6.45) is 4.43. The Labute approximate surface area is 153 Å². The van der Waals surface area contributed by atoms with Crippen molar-refractivity contribution >= 4 is 22.5 Å². The highest BCUT2D eigenvalue weighted by atomic mass is 16.3. The van der Waals surface area contributed by atoms with Gasteiger partial charge in [0, 0.05) is 17.3 Å². The second-order valence-electron chi connectivity index (χ2n) is 6.01. The minimum absolute atomic E-state index is 0.284. The second-order valence-corrected chi connectivity index (χ2v) is 6.01. The number of H-pyrrole nitrogens is 1. The topological polar surface area (TPSA) is 120 Å². The number of pyridine rings is 1. The number of nitriles is 1. The van der Waals surface area contributed by atoms with E-state index in [4.69, 9.17) is 9.68 Å². The minimum Gasteiger partial charge on any atom is -0.443 e. The summed E-state index contributed by atoms with van der Waals surface area (Å²) in [5.41, 5.74) is 4.11. The molecular formula is C19H14N6O2. The molecule has 0 saturated carbocycles. The van der Waals surface area contributed by atoms with Gasteiger partial charge in [-0.15, -0.1) is 0 Å². The molecule has 2 N–H and O–H groups in total. The van der Waals surface area contributed by atoms with Gasteiger partial charge in [0.1, 0.15) is 18.0 Å². The van der Waals surface area contributed by atoms with Crippen LogP contribution in [0.25, 0.3) is 22.5 Å². The van der Waals surface area contributed by atoms with Gasteiger partial charge in [0.2, 0.25) is 5.89 Å². The number of aromatic nitrogens is 4. The number of nitrogens with zero attached hydrogens (tertiary/aromatic N) is 4. The van der Waals surface area contributed by atoms with Crippen molar-refractivity contribution in [3.8, 4) is 17.7 Å². The highest BCUT2D eigenvalue weighted by Crippen LogP contribution is 2.27. The number of benzene rings is 1. The third kappa shape index (κ3) is 2.81. The van der Waals surface area contributed by atoms with Crippen LogP contribution in [0.1, 0.15) is 27.2 Å². The first-order valence-electron chi connectivity index (χ1n) is 8.14. The van der Waals surface area contributed by atoms with Crippen molar-refractivity contribution in [2.45, 2.75) is 13.8 Å². The first-order valence-corrected chi connectivity index (χ1v) is 8.14. The molecule has 4 rings (SSSR count). The summed E-state index contributed by atoms with van der Waals surface area (Å²) in [5, 5.41) is 19.8. The quantitative estimate of drug-likeness (QED) is 0.579. The van der Waals surface area contributed by atoms with E-state index in [0.717, 1.165) is 16.5 Å². The summed E-state index contributed by atoms with van der Waals surface area (Å²) in [5.74, 6) is 0.0468. The van der Waals surface area contributed by atoms with Gasteiger partial charge in [0.15, 0.2) is 5.69 Å². The Morgan fingerprint density at radius 1 is 1.26 bits per heavy atom. The van der Waals surface area contributed by atoms with E-state index in [1.165, 1.54) is 12.5 Å². The molecule has 0 saturated heterocycles. The van der Waals surface area contributed by atoms with Crippen molar-refractivity contribution in [3.05, 3.63) is 59.2 Å². The van der Waals surface area contributed by atoms with E-state index in [1.807, 2.05) is 6.07 Å². The van der Waals surface area contributed by atoms with Crippen LogP contribution in [0.2, 0.25) is 0 Å². The Balaban J connectivity index is 1.68. The summed E-state index contributed by atoms with van der Waals surface area (Å²) in [6.45, 7) is 3.57. The number of rotatable bonds is 3. The standard InChI is InChI=1S/C19H14N6O2/c1-10-11(2)16(22-9-12(10)8-20)18(26)23-13-3-4-15-14(7-13)17(25-24-15)19-21-5-6-27-19/h3-7,9H,1-2H3,(H,23,26)(H,24,25). The Kier molecular flexibility index (Phi) is 3.90. The molecule has 0 fully saturated rings. The van der Waals surface area contributed by atoms with Crippen molar-refractivity contribution in [1.82, 2.24) is 20.2 Å². The lowest BCUT2D eigenvalue weighted by Gasteiger charge is -2.10. The molecule has 0 bridgehead atoms. The largest absolute Gasteiger partial charge is 0.443 e. The maximum atomic E-state index is 12.7. The second kappa shape index (κ2) is 6.38. The van der Waals surface area contributed by atoms with Crippen LogP contribution in [0.15, 0.2) is 41.3 Å². The maximum Gasteiger partial charge on any atom is 0.274 e. The van der Waals surface area contributed by atoms with E-state index < -0.39 is 0 Å². The van der Waals surface area contributed by atoms with Gasteiger partial charge in [-0.3, -0.25) is 9.89 Å². The van der Waals surface area contributed by atoms with E-state index >= 15 is 0 Å². The fourth-order valence-corrected chi connectivity index (χ4v) is 2.83. The lowest BCUT2D eigenvalue weighted by Crippen LogP contribution is -2.16. The van der Waals surface area contributed by atoms with Crippen LogP contribution in [0, 0.1) is 25.2 Å². The van der Waals surface area contributed by atoms with E-state index in [9.17, 15) is 4.79 Å². The summed E-state index contributed by atoms with van der Waals surface area (Å²) >= 11 is 0. The Bertz CT molecular complexity index is 1200. The van der Waals surface area contributed by atoms with Gasteiger partial charge in [-0.25, -0.2) is 9.97 Å². The third-order valence-electron chi connectivity index (χ3n) is 4.44. The van der Waals surface area contributed by atoms with Crippen molar-refractivity contribution < 1.29 is 9.21 Å². The zero-order valence-electron chi connectivity index (χ0n) is 14.6. The molecule has 8 nitrogen and oxygen atoms in total. The Morgan fingerprint density at radius 2 is 2.11 bits per heavy atom. The van der Waals surface area contributed by atoms with Gasteiger partial charge >= 0.3 is 0 Å². The molecular weight excluding hydrogens is 344 g/mol. The van der Waals surface area contributed by atoms with Crippen molar-refractivity contribution in [2.75, 3.05) is 5.32 Å². The van der Waals surface area contributed by atoms with E-state index in [1.54, 1.807) is 32.2 Å².